The number of carboxylic acids is 1. The number of aromatic nitrogens is 1. The van der Waals surface area contributed by atoms with Crippen molar-refractivity contribution in [2.75, 3.05) is 17.2 Å². The van der Waals surface area contributed by atoms with Crippen LogP contribution in [0.2, 0.25) is 0 Å². The van der Waals surface area contributed by atoms with E-state index in [4.69, 9.17) is 9.72 Å². The first-order valence-electron chi connectivity index (χ1n) is 11.6. The summed E-state index contributed by atoms with van der Waals surface area (Å²) >= 11 is 0. The van der Waals surface area contributed by atoms with Crippen LogP contribution in [-0.4, -0.2) is 34.7 Å². The molecule has 0 saturated carbocycles. The Kier molecular flexibility index (Phi) is 9.26. The van der Waals surface area contributed by atoms with Crippen LogP contribution in [0.15, 0.2) is 18.2 Å². The zero-order valence-electron chi connectivity index (χ0n) is 20.8. The first kappa shape index (κ1) is 26.2. The fourth-order valence-electron chi connectivity index (χ4n) is 4.07. The SMILES string of the molecule is CCOC(=O)C(Cc1c(NC(CC)CC)cc(C)nc1Nc1c(C)cc(C)cc1C)C(=O)O. The number of aryl methyl sites for hydroxylation is 4. The van der Waals surface area contributed by atoms with Gasteiger partial charge in [0.1, 0.15) is 5.82 Å². The molecular weight excluding hydrogens is 418 g/mol. The molecule has 0 saturated heterocycles. The lowest BCUT2D eigenvalue weighted by Crippen LogP contribution is -2.29. The number of pyridine rings is 1. The standard InChI is InChI=1S/C26H37N3O4/c1-8-19(9-2)28-22-13-18(7)27-24(29-23-16(5)11-15(4)12-17(23)6)20(22)14-21(25(30)31)26(32)33-10-3/h11-13,19,21H,8-10,14H2,1-7H3,(H,30,31)(H2,27,28,29). The van der Waals surface area contributed by atoms with Gasteiger partial charge in [0.2, 0.25) is 0 Å². The van der Waals surface area contributed by atoms with Crippen molar-refractivity contribution in [2.24, 2.45) is 5.92 Å². The second-order valence-corrected chi connectivity index (χ2v) is 8.54. The maximum Gasteiger partial charge on any atom is 0.320 e. The van der Waals surface area contributed by atoms with Crippen molar-refractivity contribution in [1.82, 2.24) is 4.98 Å². The molecule has 0 radical (unpaired) electrons. The predicted molar refractivity (Wildman–Crippen MR) is 132 cm³/mol. The quantitative estimate of drug-likeness (QED) is 0.305. The van der Waals surface area contributed by atoms with Gasteiger partial charge in [-0.1, -0.05) is 31.5 Å². The van der Waals surface area contributed by atoms with Crippen LogP contribution >= 0.6 is 0 Å². The molecule has 7 nitrogen and oxygen atoms in total. The third kappa shape index (κ3) is 6.70. The van der Waals surface area contributed by atoms with Crippen molar-refractivity contribution in [1.29, 1.82) is 0 Å². The molecule has 0 aliphatic carbocycles. The Balaban J connectivity index is 2.63. The van der Waals surface area contributed by atoms with E-state index in [1.807, 2.05) is 26.8 Å². The number of hydrogen-bond donors (Lipinski definition) is 3. The number of ether oxygens (including phenoxy) is 1. The molecule has 0 aliphatic rings. The van der Waals surface area contributed by atoms with Crippen molar-refractivity contribution in [3.63, 3.8) is 0 Å². The van der Waals surface area contributed by atoms with Crippen LogP contribution in [0.25, 0.3) is 0 Å². The van der Waals surface area contributed by atoms with E-state index in [1.54, 1.807) is 6.92 Å². The zero-order chi connectivity index (χ0) is 24.7. The van der Waals surface area contributed by atoms with E-state index < -0.39 is 17.9 Å². The average molecular weight is 456 g/mol. The Morgan fingerprint density at radius 1 is 1.03 bits per heavy atom. The van der Waals surface area contributed by atoms with Gasteiger partial charge in [0.15, 0.2) is 5.92 Å². The fourth-order valence-corrected chi connectivity index (χ4v) is 4.07. The van der Waals surface area contributed by atoms with E-state index >= 15 is 0 Å². The largest absolute Gasteiger partial charge is 0.481 e. The summed E-state index contributed by atoms with van der Waals surface area (Å²) in [7, 11) is 0. The first-order chi connectivity index (χ1) is 15.6. The van der Waals surface area contributed by atoms with Crippen LogP contribution in [0.5, 0.6) is 0 Å². The Morgan fingerprint density at radius 2 is 1.64 bits per heavy atom. The van der Waals surface area contributed by atoms with E-state index in [9.17, 15) is 14.7 Å². The third-order valence-corrected chi connectivity index (χ3v) is 5.80. The van der Waals surface area contributed by atoms with Gasteiger partial charge in [0.05, 0.1) is 6.61 Å². The number of anilines is 3. The van der Waals surface area contributed by atoms with Gasteiger partial charge in [-0.05, 0) is 64.7 Å². The van der Waals surface area contributed by atoms with E-state index in [1.165, 1.54) is 0 Å². The number of esters is 1. The summed E-state index contributed by atoms with van der Waals surface area (Å²) < 4.78 is 5.05. The van der Waals surface area contributed by atoms with Crippen molar-refractivity contribution in [3.8, 4) is 0 Å². The van der Waals surface area contributed by atoms with Crippen molar-refractivity contribution < 1.29 is 19.4 Å². The molecule has 0 fully saturated rings. The number of benzene rings is 1. The maximum atomic E-state index is 12.5. The summed E-state index contributed by atoms with van der Waals surface area (Å²) in [5.41, 5.74) is 6.46. The monoisotopic (exact) mass is 455 g/mol. The number of hydrogen-bond acceptors (Lipinski definition) is 6. The summed E-state index contributed by atoms with van der Waals surface area (Å²) in [5.74, 6) is -2.73. The lowest BCUT2D eigenvalue weighted by molar-refractivity contribution is -0.158. The number of rotatable bonds is 11. The number of aliphatic carboxylic acids is 1. The molecule has 33 heavy (non-hydrogen) atoms. The second-order valence-electron chi connectivity index (χ2n) is 8.54. The lowest BCUT2D eigenvalue weighted by Gasteiger charge is -2.24. The van der Waals surface area contributed by atoms with Gasteiger partial charge in [-0.3, -0.25) is 9.59 Å². The highest BCUT2D eigenvalue weighted by molar-refractivity contribution is 5.94. The normalized spacial score (nSPS) is 11.9. The number of carbonyl (C=O) groups is 2. The van der Waals surface area contributed by atoms with E-state index in [0.717, 1.165) is 46.6 Å². The van der Waals surface area contributed by atoms with Crippen LogP contribution < -0.4 is 10.6 Å². The van der Waals surface area contributed by atoms with Crippen molar-refractivity contribution >= 4 is 29.1 Å². The molecule has 0 aliphatic heterocycles. The van der Waals surface area contributed by atoms with Gasteiger partial charge < -0.3 is 20.5 Å². The second kappa shape index (κ2) is 11.7. The Labute approximate surface area is 197 Å². The molecule has 0 bridgehead atoms. The van der Waals surface area contributed by atoms with Crippen LogP contribution in [0, 0.1) is 33.6 Å². The van der Waals surface area contributed by atoms with Crippen LogP contribution in [-0.2, 0) is 20.7 Å². The number of nitrogens with zero attached hydrogens (tertiary/aromatic N) is 1. The summed E-state index contributed by atoms with van der Waals surface area (Å²) in [6.07, 6.45) is 1.79. The molecule has 2 rings (SSSR count). The third-order valence-electron chi connectivity index (χ3n) is 5.80. The Hall–Kier alpha value is -3.09. The molecule has 0 spiro atoms. The molecule has 180 valence electrons. The van der Waals surface area contributed by atoms with Crippen molar-refractivity contribution in [3.05, 3.63) is 46.1 Å². The van der Waals surface area contributed by atoms with Gasteiger partial charge in [0, 0.05) is 35.1 Å². The number of carboxylic acid groups (broad SMARTS) is 1. The highest BCUT2D eigenvalue weighted by atomic mass is 16.5. The van der Waals surface area contributed by atoms with E-state index in [-0.39, 0.29) is 19.1 Å². The molecule has 1 aromatic heterocycles. The minimum atomic E-state index is -1.32. The predicted octanol–water partition coefficient (Wildman–Crippen LogP) is 5.47. The molecule has 1 aromatic carbocycles. The zero-order valence-corrected chi connectivity index (χ0v) is 20.8. The minimum Gasteiger partial charge on any atom is -0.481 e. The Morgan fingerprint density at radius 3 is 2.15 bits per heavy atom. The van der Waals surface area contributed by atoms with Gasteiger partial charge in [-0.25, -0.2) is 4.98 Å². The smallest absolute Gasteiger partial charge is 0.320 e. The molecule has 2 aromatic rings. The first-order valence-corrected chi connectivity index (χ1v) is 11.6. The Bertz CT molecular complexity index is 976. The molecular formula is C26H37N3O4. The molecule has 7 heteroatoms. The highest BCUT2D eigenvalue weighted by Crippen LogP contribution is 2.33. The van der Waals surface area contributed by atoms with Gasteiger partial charge in [-0.15, -0.1) is 0 Å². The molecule has 1 atom stereocenters. The van der Waals surface area contributed by atoms with Gasteiger partial charge >= 0.3 is 11.9 Å². The average Bonchev–Trinajstić information content (AvgIpc) is 2.73. The highest BCUT2D eigenvalue weighted by Gasteiger charge is 2.31. The molecule has 1 heterocycles. The lowest BCUT2D eigenvalue weighted by atomic mass is 9.96. The van der Waals surface area contributed by atoms with Gasteiger partial charge in [-0.2, -0.15) is 0 Å². The molecule has 1 unspecified atom stereocenters. The van der Waals surface area contributed by atoms with Crippen molar-refractivity contribution in [2.45, 2.75) is 73.8 Å². The summed E-state index contributed by atoms with van der Waals surface area (Å²) in [6.45, 7) is 14.0. The fraction of sp³-hybridized carbons (Fsp3) is 0.500. The summed E-state index contributed by atoms with van der Waals surface area (Å²) in [5, 5.41) is 16.8. The molecule has 3 N–H and O–H groups in total. The number of carbonyl (C=O) groups excluding carboxylic acids is 1. The molecule has 0 amide bonds. The van der Waals surface area contributed by atoms with Crippen LogP contribution in [0.1, 0.15) is 61.6 Å². The number of nitrogens with one attached hydrogen (secondary N) is 2. The van der Waals surface area contributed by atoms with Crippen LogP contribution in [0.4, 0.5) is 17.2 Å². The maximum absolute atomic E-state index is 12.5. The van der Waals surface area contributed by atoms with E-state index in [0.29, 0.717) is 11.4 Å². The van der Waals surface area contributed by atoms with Crippen LogP contribution in [0.3, 0.4) is 0 Å². The van der Waals surface area contributed by atoms with E-state index in [2.05, 4.69) is 43.5 Å². The minimum absolute atomic E-state index is 0.0315. The summed E-state index contributed by atoms with van der Waals surface area (Å²) in [4.78, 5) is 29.2. The summed E-state index contributed by atoms with van der Waals surface area (Å²) in [6, 6.07) is 6.31. The topological polar surface area (TPSA) is 101 Å². The van der Waals surface area contributed by atoms with Gasteiger partial charge in [0.25, 0.3) is 0 Å².